The summed E-state index contributed by atoms with van der Waals surface area (Å²) in [5.41, 5.74) is 4.26. The Bertz CT molecular complexity index is 1460. The number of benzene rings is 2. The first kappa shape index (κ1) is 20.6. The lowest BCUT2D eigenvalue weighted by Crippen LogP contribution is -2.40. The van der Waals surface area contributed by atoms with Crippen molar-refractivity contribution < 1.29 is 0 Å². The maximum Gasteiger partial charge on any atom is 0.332 e. The van der Waals surface area contributed by atoms with Crippen molar-refractivity contribution in [1.29, 1.82) is 0 Å². The summed E-state index contributed by atoms with van der Waals surface area (Å²) < 4.78 is 4.74. The maximum absolute atomic E-state index is 13.6. The zero-order valence-corrected chi connectivity index (χ0v) is 19.1. The Labute approximate surface area is 190 Å². The average molecular weight is 450 g/mol. The van der Waals surface area contributed by atoms with Crippen LogP contribution in [0, 0.1) is 13.8 Å². The molecule has 0 bridgehead atoms. The number of hydrogen-bond donors (Lipinski definition) is 0. The summed E-state index contributed by atoms with van der Waals surface area (Å²) in [6.07, 6.45) is 0.861. The molecule has 0 N–H and O–H groups in total. The van der Waals surface area contributed by atoms with E-state index < -0.39 is 0 Å². The molecule has 0 spiro atoms. The van der Waals surface area contributed by atoms with Crippen molar-refractivity contribution >= 4 is 34.4 Å². The summed E-state index contributed by atoms with van der Waals surface area (Å²) in [5.74, 6) is 0.671. The predicted molar refractivity (Wildman–Crippen MR) is 127 cm³/mol. The second kappa shape index (κ2) is 7.67. The number of aromatic nitrogens is 4. The van der Waals surface area contributed by atoms with Crippen molar-refractivity contribution in [2.45, 2.75) is 33.4 Å². The number of rotatable bonds is 3. The standard InChI is InChI=1S/C24H24ClN5O2/c1-15-5-6-16(2)17(13-15)14-30-22(31)20-21(27(3)24(30)32)26-23-28(11-4-12-29(20)23)19-9-7-18(25)8-10-19/h5-10,13H,4,11-12,14H2,1-3H3. The molecule has 2 aromatic heterocycles. The Hall–Kier alpha value is -3.32. The summed E-state index contributed by atoms with van der Waals surface area (Å²) in [7, 11) is 1.68. The van der Waals surface area contributed by atoms with Crippen LogP contribution in [0.1, 0.15) is 23.1 Å². The van der Waals surface area contributed by atoms with Gasteiger partial charge in [0, 0.05) is 30.8 Å². The highest BCUT2D eigenvalue weighted by molar-refractivity contribution is 6.30. The maximum atomic E-state index is 13.6. The second-order valence-electron chi connectivity index (χ2n) is 8.38. The van der Waals surface area contributed by atoms with Crippen molar-refractivity contribution in [3.8, 4) is 0 Å². The molecule has 0 fully saturated rings. The normalized spacial score (nSPS) is 13.6. The van der Waals surface area contributed by atoms with E-state index in [4.69, 9.17) is 16.6 Å². The van der Waals surface area contributed by atoms with E-state index in [1.54, 1.807) is 7.05 Å². The highest BCUT2D eigenvalue weighted by atomic mass is 35.5. The molecular formula is C24H24ClN5O2. The molecule has 0 saturated heterocycles. The zero-order chi connectivity index (χ0) is 22.6. The van der Waals surface area contributed by atoms with Crippen LogP contribution >= 0.6 is 11.6 Å². The van der Waals surface area contributed by atoms with Crippen LogP contribution in [-0.4, -0.2) is 25.2 Å². The van der Waals surface area contributed by atoms with Gasteiger partial charge in [-0.2, -0.15) is 4.98 Å². The summed E-state index contributed by atoms with van der Waals surface area (Å²) in [6, 6.07) is 13.6. The smallest absolute Gasteiger partial charge is 0.312 e. The van der Waals surface area contributed by atoms with Gasteiger partial charge in [-0.1, -0.05) is 35.4 Å². The van der Waals surface area contributed by atoms with Gasteiger partial charge in [-0.3, -0.25) is 13.9 Å². The summed E-state index contributed by atoms with van der Waals surface area (Å²) in [4.78, 5) is 33.5. The van der Waals surface area contributed by atoms with E-state index in [9.17, 15) is 9.59 Å². The van der Waals surface area contributed by atoms with Crippen molar-refractivity contribution in [2.24, 2.45) is 7.05 Å². The van der Waals surface area contributed by atoms with Crippen molar-refractivity contribution in [2.75, 3.05) is 11.4 Å². The number of nitrogens with zero attached hydrogens (tertiary/aromatic N) is 5. The van der Waals surface area contributed by atoms with Crippen molar-refractivity contribution in [1.82, 2.24) is 18.7 Å². The van der Waals surface area contributed by atoms with Crippen LogP contribution in [0.5, 0.6) is 0 Å². The molecule has 1 aliphatic rings. The monoisotopic (exact) mass is 449 g/mol. The molecule has 5 rings (SSSR count). The number of imidazole rings is 1. The number of aryl methyl sites for hydroxylation is 4. The van der Waals surface area contributed by atoms with Gasteiger partial charge in [0.2, 0.25) is 5.95 Å². The third-order valence-corrected chi connectivity index (χ3v) is 6.44. The fourth-order valence-electron chi connectivity index (χ4n) is 4.41. The molecule has 7 nitrogen and oxygen atoms in total. The van der Waals surface area contributed by atoms with Crippen molar-refractivity contribution in [3.63, 3.8) is 0 Å². The van der Waals surface area contributed by atoms with Gasteiger partial charge in [0.05, 0.1) is 6.54 Å². The highest BCUT2D eigenvalue weighted by Crippen LogP contribution is 2.31. The minimum Gasteiger partial charge on any atom is -0.312 e. The number of hydrogen-bond acceptors (Lipinski definition) is 4. The third kappa shape index (κ3) is 3.24. The van der Waals surface area contributed by atoms with E-state index in [2.05, 4.69) is 4.90 Å². The molecule has 0 saturated carbocycles. The fourth-order valence-corrected chi connectivity index (χ4v) is 4.54. The van der Waals surface area contributed by atoms with Crippen LogP contribution in [0.15, 0.2) is 52.1 Å². The number of fused-ring (bicyclic) bond motifs is 3. The fraction of sp³-hybridized carbons (Fsp3) is 0.292. The first-order valence-corrected chi connectivity index (χ1v) is 11.0. The van der Waals surface area contributed by atoms with E-state index in [0.717, 1.165) is 35.3 Å². The highest BCUT2D eigenvalue weighted by Gasteiger charge is 2.27. The van der Waals surface area contributed by atoms with Crippen LogP contribution in [0.4, 0.5) is 11.6 Å². The first-order valence-electron chi connectivity index (χ1n) is 10.6. The van der Waals surface area contributed by atoms with Crippen LogP contribution in [0.25, 0.3) is 11.2 Å². The molecule has 0 atom stereocenters. The lowest BCUT2D eigenvalue weighted by molar-refractivity contribution is 0.597. The van der Waals surface area contributed by atoms with Crippen LogP contribution in [-0.2, 0) is 20.1 Å². The molecule has 3 heterocycles. The lowest BCUT2D eigenvalue weighted by atomic mass is 10.1. The van der Waals surface area contributed by atoms with Crippen LogP contribution < -0.4 is 16.1 Å². The summed E-state index contributed by atoms with van der Waals surface area (Å²) in [6.45, 7) is 5.68. The van der Waals surface area contributed by atoms with Crippen LogP contribution in [0.2, 0.25) is 5.02 Å². The molecule has 2 aromatic carbocycles. The Morgan fingerprint density at radius 3 is 2.53 bits per heavy atom. The Morgan fingerprint density at radius 1 is 1.03 bits per heavy atom. The van der Waals surface area contributed by atoms with E-state index in [-0.39, 0.29) is 17.8 Å². The lowest BCUT2D eigenvalue weighted by Gasteiger charge is -2.29. The molecule has 0 unspecified atom stereocenters. The number of anilines is 2. The van der Waals surface area contributed by atoms with E-state index in [1.165, 1.54) is 9.13 Å². The molecule has 0 aliphatic carbocycles. The van der Waals surface area contributed by atoms with Gasteiger partial charge in [-0.15, -0.1) is 0 Å². The Morgan fingerprint density at radius 2 is 1.78 bits per heavy atom. The minimum atomic E-state index is -0.364. The first-order chi connectivity index (χ1) is 15.3. The summed E-state index contributed by atoms with van der Waals surface area (Å²) >= 11 is 6.06. The minimum absolute atomic E-state index is 0.233. The SMILES string of the molecule is Cc1ccc(C)c(Cn2c(=O)c3c(nc4n3CCCN4c3ccc(Cl)cc3)n(C)c2=O)c1. The van der Waals surface area contributed by atoms with Gasteiger partial charge in [0.15, 0.2) is 11.2 Å². The van der Waals surface area contributed by atoms with Crippen molar-refractivity contribution in [3.05, 3.63) is 85.0 Å². The number of halogens is 1. The topological polar surface area (TPSA) is 65.1 Å². The quantitative estimate of drug-likeness (QED) is 0.477. The van der Waals surface area contributed by atoms with Crippen LogP contribution in [0.3, 0.4) is 0 Å². The molecule has 1 aliphatic heterocycles. The molecule has 0 amide bonds. The molecule has 32 heavy (non-hydrogen) atoms. The van der Waals surface area contributed by atoms with Gasteiger partial charge >= 0.3 is 5.69 Å². The van der Waals surface area contributed by atoms with E-state index in [1.807, 2.05) is 60.9 Å². The van der Waals surface area contributed by atoms with E-state index in [0.29, 0.717) is 28.7 Å². The van der Waals surface area contributed by atoms with Gasteiger partial charge in [0.1, 0.15) is 0 Å². The molecule has 8 heteroatoms. The average Bonchev–Trinajstić information content (AvgIpc) is 3.18. The molecular weight excluding hydrogens is 426 g/mol. The largest absolute Gasteiger partial charge is 0.332 e. The Kier molecular flexibility index (Phi) is 4.93. The predicted octanol–water partition coefficient (Wildman–Crippen LogP) is 3.76. The Balaban J connectivity index is 1.70. The van der Waals surface area contributed by atoms with E-state index >= 15 is 0 Å². The summed E-state index contributed by atoms with van der Waals surface area (Å²) in [5, 5.41) is 0.663. The van der Waals surface area contributed by atoms with Gasteiger partial charge in [-0.05, 0) is 55.7 Å². The third-order valence-electron chi connectivity index (χ3n) is 6.19. The van der Waals surface area contributed by atoms with Gasteiger partial charge in [-0.25, -0.2) is 4.79 Å². The van der Waals surface area contributed by atoms with Gasteiger partial charge in [0.25, 0.3) is 5.56 Å². The molecule has 0 radical (unpaired) electrons. The zero-order valence-electron chi connectivity index (χ0n) is 18.3. The van der Waals surface area contributed by atoms with Gasteiger partial charge < -0.3 is 9.47 Å². The second-order valence-corrected chi connectivity index (χ2v) is 8.82. The molecule has 164 valence electrons. The molecule has 4 aromatic rings.